The minimum Gasteiger partial charge on any atom is -0.384 e. The predicted octanol–water partition coefficient (Wildman–Crippen LogP) is 1.36. The van der Waals surface area contributed by atoms with Crippen molar-refractivity contribution < 1.29 is 13.2 Å². The lowest BCUT2D eigenvalue weighted by Gasteiger charge is -2.09. The molecule has 0 amide bonds. The van der Waals surface area contributed by atoms with Gasteiger partial charge in [0.2, 0.25) is 10.0 Å². The van der Waals surface area contributed by atoms with Crippen LogP contribution in [0.15, 0.2) is 23.1 Å². The van der Waals surface area contributed by atoms with Crippen LogP contribution < -0.4 is 10.0 Å². The number of hydrogen-bond acceptors (Lipinski definition) is 4. The van der Waals surface area contributed by atoms with Crippen LogP contribution in [0.5, 0.6) is 0 Å². The first kappa shape index (κ1) is 13.9. The van der Waals surface area contributed by atoms with Crippen molar-refractivity contribution in [2.24, 2.45) is 5.92 Å². The van der Waals surface area contributed by atoms with Crippen molar-refractivity contribution in [2.45, 2.75) is 24.2 Å². The Morgan fingerprint density at radius 3 is 3.00 bits per heavy atom. The summed E-state index contributed by atoms with van der Waals surface area (Å²) < 4.78 is 32.3. The largest absolute Gasteiger partial charge is 0.384 e. The first-order valence-corrected chi connectivity index (χ1v) is 8.58. The number of sulfonamides is 1. The second-order valence-corrected chi connectivity index (χ2v) is 7.18. The molecular formula is C14H20N2O3S. The first-order chi connectivity index (χ1) is 9.65. The molecule has 1 saturated carbocycles. The maximum Gasteiger partial charge on any atom is 0.240 e. The third kappa shape index (κ3) is 3.31. The number of fused-ring (bicyclic) bond motifs is 1. The monoisotopic (exact) mass is 296 g/mol. The van der Waals surface area contributed by atoms with Crippen LogP contribution in [0.1, 0.15) is 18.4 Å². The van der Waals surface area contributed by atoms with Gasteiger partial charge in [-0.25, -0.2) is 13.1 Å². The van der Waals surface area contributed by atoms with Gasteiger partial charge in [0.1, 0.15) is 0 Å². The van der Waals surface area contributed by atoms with E-state index in [1.807, 2.05) is 6.07 Å². The smallest absolute Gasteiger partial charge is 0.240 e. The highest BCUT2D eigenvalue weighted by Gasteiger charge is 2.21. The molecule has 0 bridgehead atoms. The van der Waals surface area contributed by atoms with Gasteiger partial charge in [0.25, 0.3) is 0 Å². The summed E-state index contributed by atoms with van der Waals surface area (Å²) in [5.74, 6) is 0.703. The molecule has 0 saturated heterocycles. The van der Waals surface area contributed by atoms with Crippen molar-refractivity contribution in [2.75, 3.05) is 31.6 Å². The van der Waals surface area contributed by atoms with E-state index in [0.29, 0.717) is 24.0 Å². The minimum absolute atomic E-state index is 0.313. The van der Waals surface area contributed by atoms with Crippen LogP contribution >= 0.6 is 0 Å². The van der Waals surface area contributed by atoms with Crippen LogP contribution in [-0.2, 0) is 21.2 Å². The highest BCUT2D eigenvalue weighted by atomic mass is 32.2. The van der Waals surface area contributed by atoms with Gasteiger partial charge in [0.05, 0.1) is 11.5 Å². The van der Waals surface area contributed by atoms with E-state index in [2.05, 4.69) is 10.0 Å². The third-order valence-corrected chi connectivity index (χ3v) is 5.15. The molecule has 3 rings (SSSR count). The van der Waals surface area contributed by atoms with Gasteiger partial charge < -0.3 is 10.1 Å². The SMILES string of the molecule is O=S(=O)(NCCOCC1CC1)c1ccc2c(c1)NCC2. The van der Waals surface area contributed by atoms with Crippen LogP contribution in [0, 0.1) is 5.92 Å². The molecule has 1 aliphatic carbocycles. The Morgan fingerprint density at radius 1 is 1.35 bits per heavy atom. The van der Waals surface area contributed by atoms with Crippen LogP contribution in [0.4, 0.5) is 5.69 Å². The Bertz CT molecular complexity index is 582. The first-order valence-electron chi connectivity index (χ1n) is 7.09. The summed E-state index contributed by atoms with van der Waals surface area (Å²) in [5.41, 5.74) is 2.11. The van der Waals surface area contributed by atoms with Gasteiger partial charge in [-0.2, -0.15) is 0 Å². The van der Waals surface area contributed by atoms with E-state index in [0.717, 1.165) is 25.3 Å². The Kier molecular flexibility index (Phi) is 3.96. The van der Waals surface area contributed by atoms with Crippen molar-refractivity contribution in [3.05, 3.63) is 23.8 Å². The molecule has 1 fully saturated rings. The van der Waals surface area contributed by atoms with Crippen molar-refractivity contribution in [3.63, 3.8) is 0 Å². The summed E-state index contributed by atoms with van der Waals surface area (Å²) in [6.45, 7) is 2.38. The Morgan fingerprint density at radius 2 is 2.20 bits per heavy atom. The Labute approximate surface area is 119 Å². The predicted molar refractivity (Wildman–Crippen MR) is 77.4 cm³/mol. The van der Waals surface area contributed by atoms with Gasteiger partial charge in [-0.05, 0) is 42.9 Å². The number of hydrogen-bond donors (Lipinski definition) is 2. The molecule has 1 aromatic rings. The molecule has 2 N–H and O–H groups in total. The molecule has 0 radical (unpaired) electrons. The quantitative estimate of drug-likeness (QED) is 0.746. The molecule has 0 spiro atoms. The molecule has 110 valence electrons. The number of rotatable bonds is 7. The lowest BCUT2D eigenvalue weighted by Crippen LogP contribution is -2.27. The van der Waals surface area contributed by atoms with Gasteiger partial charge >= 0.3 is 0 Å². The Hall–Kier alpha value is -1.11. The zero-order valence-corrected chi connectivity index (χ0v) is 12.2. The van der Waals surface area contributed by atoms with E-state index in [1.165, 1.54) is 18.4 Å². The van der Waals surface area contributed by atoms with Gasteiger partial charge in [-0.3, -0.25) is 0 Å². The molecule has 0 atom stereocenters. The van der Waals surface area contributed by atoms with Gasteiger partial charge in [-0.15, -0.1) is 0 Å². The highest BCUT2D eigenvalue weighted by Crippen LogP contribution is 2.28. The fourth-order valence-corrected chi connectivity index (χ4v) is 3.34. The van der Waals surface area contributed by atoms with E-state index in [9.17, 15) is 8.42 Å². The molecule has 2 aliphatic rings. The third-order valence-electron chi connectivity index (χ3n) is 3.69. The molecule has 0 aromatic heterocycles. The zero-order chi connectivity index (χ0) is 14.0. The molecule has 1 aromatic carbocycles. The second kappa shape index (κ2) is 5.71. The molecule has 6 heteroatoms. The fourth-order valence-electron chi connectivity index (χ4n) is 2.30. The van der Waals surface area contributed by atoms with Gasteiger partial charge in [0, 0.05) is 25.4 Å². The van der Waals surface area contributed by atoms with Crippen LogP contribution in [-0.4, -0.2) is 34.7 Å². The van der Waals surface area contributed by atoms with Gasteiger partial charge in [0.15, 0.2) is 0 Å². The van der Waals surface area contributed by atoms with E-state index < -0.39 is 10.0 Å². The van der Waals surface area contributed by atoms with Crippen molar-refractivity contribution >= 4 is 15.7 Å². The lowest BCUT2D eigenvalue weighted by molar-refractivity contribution is 0.129. The van der Waals surface area contributed by atoms with E-state index in [-0.39, 0.29) is 0 Å². The van der Waals surface area contributed by atoms with Gasteiger partial charge in [-0.1, -0.05) is 6.07 Å². The van der Waals surface area contributed by atoms with Crippen molar-refractivity contribution in [3.8, 4) is 0 Å². The normalized spacial score (nSPS) is 17.8. The second-order valence-electron chi connectivity index (χ2n) is 5.41. The van der Waals surface area contributed by atoms with E-state index >= 15 is 0 Å². The number of benzene rings is 1. The number of anilines is 1. The van der Waals surface area contributed by atoms with Crippen molar-refractivity contribution in [1.29, 1.82) is 0 Å². The van der Waals surface area contributed by atoms with Crippen LogP contribution in [0.2, 0.25) is 0 Å². The average molecular weight is 296 g/mol. The average Bonchev–Trinajstić information content (AvgIpc) is 3.13. The van der Waals surface area contributed by atoms with Crippen LogP contribution in [0.25, 0.3) is 0 Å². The summed E-state index contributed by atoms with van der Waals surface area (Å²) in [5, 5.41) is 3.19. The minimum atomic E-state index is -3.44. The molecule has 1 aliphatic heterocycles. The standard InChI is InChI=1S/C14H20N2O3S/c17-20(18,16-7-8-19-10-11-1-2-11)13-4-3-12-5-6-15-14(12)9-13/h3-4,9,11,15-16H,1-2,5-8,10H2. The summed E-state index contributed by atoms with van der Waals surface area (Å²) in [6.07, 6.45) is 3.44. The molecule has 5 nitrogen and oxygen atoms in total. The molecular weight excluding hydrogens is 276 g/mol. The number of ether oxygens (including phenoxy) is 1. The van der Waals surface area contributed by atoms with Crippen molar-refractivity contribution in [1.82, 2.24) is 4.72 Å². The zero-order valence-electron chi connectivity index (χ0n) is 11.4. The Balaban J connectivity index is 1.53. The topological polar surface area (TPSA) is 67.4 Å². The van der Waals surface area contributed by atoms with E-state index in [1.54, 1.807) is 12.1 Å². The molecule has 1 heterocycles. The lowest BCUT2D eigenvalue weighted by atomic mass is 10.2. The number of nitrogens with one attached hydrogen (secondary N) is 2. The van der Waals surface area contributed by atoms with E-state index in [4.69, 9.17) is 4.74 Å². The highest BCUT2D eigenvalue weighted by molar-refractivity contribution is 7.89. The summed E-state index contributed by atoms with van der Waals surface area (Å²) in [7, 11) is -3.44. The summed E-state index contributed by atoms with van der Waals surface area (Å²) in [4.78, 5) is 0.313. The maximum atomic E-state index is 12.1. The molecule has 0 unspecified atom stereocenters. The fraction of sp³-hybridized carbons (Fsp3) is 0.571. The molecule has 20 heavy (non-hydrogen) atoms. The van der Waals surface area contributed by atoms with Crippen LogP contribution in [0.3, 0.4) is 0 Å². The summed E-state index contributed by atoms with van der Waals surface area (Å²) in [6, 6.07) is 5.25. The summed E-state index contributed by atoms with van der Waals surface area (Å²) >= 11 is 0. The maximum absolute atomic E-state index is 12.1.